The Bertz CT molecular complexity index is 268. The summed E-state index contributed by atoms with van der Waals surface area (Å²) in [5.74, 6) is 0. The van der Waals surface area contributed by atoms with Gasteiger partial charge in [0.25, 0.3) is 0 Å². The van der Waals surface area contributed by atoms with Gasteiger partial charge >= 0.3 is 0 Å². The molecule has 1 atom stereocenters. The second-order valence-corrected chi connectivity index (χ2v) is 6.38. The molecule has 126 valence electrons. The zero-order chi connectivity index (χ0) is 15.7. The number of ether oxygens (including phenoxy) is 2. The third-order valence-corrected chi connectivity index (χ3v) is 4.86. The van der Waals surface area contributed by atoms with Gasteiger partial charge in [-0.15, -0.1) is 0 Å². The summed E-state index contributed by atoms with van der Waals surface area (Å²) in [4.78, 5) is 5.08. The molecule has 0 aromatic carbocycles. The van der Waals surface area contributed by atoms with Gasteiger partial charge in [-0.2, -0.15) is 0 Å². The van der Waals surface area contributed by atoms with Gasteiger partial charge in [-0.3, -0.25) is 4.90 Å². The van der Waals surface area contributed by atoms with Crippen molar-refractivity contribution in [2.75, 3.05) is 60.2 Å². The summed E-state index contributed by atoms with van der Waals surface area (Å²) in [5.41, 5.74) is 6.33. The Kier molecular flexibility index (Phi) is 8.74. The monoisotopic (exact) mass is 301 g/mol. The molecule has 1 aliphatic rings. The van der Waals surface area contributed by atoms with Crippen molar-refractivity contribution >= 4 is 0 Å². The number of methoxy groups -OCH3 is 2. The van der Waals surface area contributed by atoms with Gasteiger partial charge in [0.1, 0.15) is 0 Å². The highest BCUT2D eigenvalue weighted by atomic mass is 16.5. The van der Waals surface area contributed by atoms with Crippen molar-refractivity contribution in [3.8, 4) is 0 Å². The minimum atomic E-state index is 0.0979. The van der Waals surface area contributed by atoms with E-state index >= 15 is 0 Å². The van der Waals surface area contributed by atoms with E-state index in [1.54, 1.807) is 14.2 Å². The Balaban J connectivity index is 2.77. The van der Waals surface area contributed by atoms with Crippen LogP contribution in [0.2, 0.25) is 0 Å². The van der Waals surface area contributed by atoms with E-state index in [0.717, 1.165) is 39.3 Å². The maximum atomic E-state index is 6.23. The minimum absolute atomic E-state index is 0.0979. The SMILES string of the molecule is COCCN(CCOC)C1(CN)CCCN(C(C)C)CC1. The summed E-state index contributed by atoms with van der Waals surface area (Å²) in [7, 11) is 3.52. The summed E-state index contributed by atoms with van der Waals surface area (Å²) < 4.78 is 10.6. The van der Waals surface area contributed by atoms with Crippen molar-refractivity contribution in [2.24, 2.45) is 5.73 Å². The van der Waals surface area contributed by atoms with Gasteiger partial charge in [0.15, 0.2) is 0 Å². The molecule has 0 aliphatic carbocycles. The molecule has 2 N–H and O–H groups in total. The lowest BCUT2D eigenvalue weighted by molar-refractivity contribution is 0.0276. The molecule has 5 heteroatoms. The second kappa shape index (κ2) is 9.74. The van der Waals surface area contributed by atoms with Gasteiger partial charge in [0, 0.05) is 52.0 Å². The van der Waals surface area contributed by atoms with Gasteiger partial charge in [0.2, 0.25) is 0 Å². The van der Waals surface area contributed by atoms with E-state index in [1.165, 1.54) is 19.4 Å². The standard InChI is InChI=1S/C16H35N3O2/c1-15(2)18-8-5-6-16(14-17,7-9-18)19(10-12-20-3)11-13-21-4/h15H,5-14,17H2,1-4H3. The zero-order valence-corrected chi connectivity index (χ0v) is 14.4. The molecule has 0 bridgehead atoms. The quantitative estimate of drug-likeness (QED) is 0.693. The average molecular weight is 301 g/mol. The van der Waals surface area contributed by atoms with Crippen LogP contribution in [0.5, 0.6) is 0 Å². The lowest BCUT2D eigenvalue weighted by Gasteiger charge is -2.43. The first-order chi connectivity index (χ1) is 10.1. The van der Waals surface area contributed by atoms with Crippen molar-refractivity contribution in [2.45, 2.75) is 44.7 Å². The molecule has 0 aromatic rings. The molecule has 0 radical (unpaired) electrons. The lowest BCUT2D eigenvalue weighted by atomic mass is 9.88. The normalized spacial score (nSPS) is 24.7. The summed E-state index contributed by atoms with van der Waals surface area (Å²) in [6.07, 6.45) is 3.51. The van der Waals surface area contributed by atoms with Gasteiger partial charge in [-0.05, 0) is 39.7 Å². The number of hydrogen-bond acceptors (Lipinski definition) is 5. The van der Waals surface area contributed by atoms with Crippen LogP contribution < -0.4 is 5.73 Å². The van der Waals surface area contributed by atoms with E-state index in [-0.39, 0.29) is 5.54 Å². The second-order valence-electron chi connectivity index (χ2n) is 6.38. The molecule has 0 saturated carbocycles. The Morgan fingerprint density at radius 1 is 1.10 bits per heavy atom. The lowest BCUT2D eigenvalue weighted by Crippen LogP contribution is -2.56. The first-order valence-corrected chi connectivity index (χ1v) is 8.26. The molecule has 1 heterocycles. The molecule has 1 unspecified atom stereocenters. The van der Waals surface area contributed by atoms with Crippen molar-refractivity contribution in [1.82, 2.24) is 9.80 Å². The van der Waals surface area contributed by atoms with Crippen molar-refractivity contribution in [3.63, 3.8) is 0 Å². The number of nitrogens with zero attached hydrogens (tertiary/aromatic N) is 2. The third kappa shape index (κ3) is 5.49. The van der Waals surface area contributed by atoms with Crippen LogP contribution in [0.4, 0.5) is 0 Å². The molecule has 1 rings (SSSR count). The van der Waals surface area contributed by atoms with Crippen LogP contribution in [0.1, 0.15) is 33.1 Å². The fourth-order valence-electron chi connectivity index (χ4n) is 3.35. The maximum absolute atomic E-state index is 6.23. The highest BCUT2D eigenvalue weighted by molar-refractivity contribution is 4.95. The molecule has 21 heavy (non-hydrogen) atoms. The highest BCUT2D eigenvalue weighted by Gasteiger charge is 2.37. The van der Waals surface area contributed by atoms with E-state index in [9.17, 15) is 0 Å². The number of likely N-dealkylation sites (tertiary alicyclic amines) is 1. The van der Waals surface area contributed by atoms with Crippen LogP contribution in [0.3, 0.4) is 0 Å². The first-order valence-electron chi connectivity index (χ1n) is 8.26. The highest BCUT2D eigenvalue weighted by Crippen LogP contribution is 2.28. The van der Waals surface area contributed by atoms with Crippen LogP contribution in [0.25, 0.3) is 0 Å². The van der Waals surface area contributed by atoms with E-state index in [4.69, 9.17) is 15.2 Å². The predicted molar refractivity (Wildman–Crippen MR) is 87.7 cm³/mol. The van der Waals surface area contributed by atoms with Crippen LogP contribution in [-0.4, -0.2) is 81.5 Å². The Morgan fingerprint density at radius 3 is 2.19 bits per heavy atom. The summed E-state index contributed by atoms with van der Waals surface area (Å²) in [6.45, 7) is 10.9. The van der Waals surface area contributed by atoms with E-state index in [0.29, 0.717) is 12.6 Å². The van der Waals surface area contributed by atoms with Crippen LogP contribution >= 0.6 is 0 Å². The van der Waals surface area contributed by atoms with Crippen molar-refractivity contribution in [3.05, 3.63) is 0 Å². The van der Waals surface area contributed by atoms with E-state index in [2.05, 4.69) is 23.6 Å². The van der Waals surface area contributed by atoms with Crippen LogP contribution in [0.15, 0.2) is 0 Å². The largest absolute Gasteiger partial charge is 0.383 e. The minimum Gasteiger partial charge on any atom is -0.383 e. The Morgan fingerprint density at radius 2 is 1.71 bits per heavy atom. The Hall–Kier alpha value is -0.200. The average Bonchev–Trinajstić information content (AvgIpc) is 2.71. The van der Waals surface area contributed by atoms with Crippen LogP contribution in [-0.2, 0) is 9.47 Å². The molecule has 0 spiro atoms. The zero-order valence-electron chi connectivity index (χ0n) is 14.4. The Labute approximate surface area is 130 Å². The fourth-order valence-corrected chi connectivity index (χ4v) is 3.35. The van der Waals surface area contributed by atoms with Gasteiger partial charge in [0.05, 0.1) is 13.2 Å². The maximum Gasteiger partial charge on any atom is 0.0589 e. The molecular weight excluding hydrogens is 266 g/mol. The van der Waals surface area contributed by atoms with Gasteiger partial charge in [-0.25, -0.2) is 0 Å². The molecule has 1 fully saturated rings. The number of nitrogens with two attached hydrogens (primary N) is 1. The molecule has 0 aromatic heterocycles. The first kappa shape index (κ1) is 18.8. The number of hydrogen-bond donors (Lipinski definition) is 1. The van der Waals surface area contributed by atoms with Gasteiger partial charge in [-0.1, -0.05) is 0 Å². The fraction of sp³-hybridized carbons (Fsp3) is 1.00. The topological polar surface area (TPSA) is 51.0 Å². The van der Waals surface area contributed by atoms with E-state index < -0.39 is 0 Å². The molecular formula is C16H35N3O2. The van der Waals surface area contributed by atoms with Crippen molar-refractivity contribution in [1.29, 1.82) is 0 Å². The molecule has 0 amide bonds. The third-order valence-electron chi connectivity index (χ3n) is 4.86. The predicted octanol–water partition coefficient (Wildman–Crippen LogP) is 1.17. The van der Waals surface area contributed by atoms with Gasteiger partial charge < -0.3 is 20.1 Å². The summed E-state index contributed by atoms with van der Waals surface area (Å²) >= 11 is 0. The van der Waals surface area contributed by atoms with Crippen molar-refractivity contribution < 1.29 is 9.47 Å². The van der Waals surface area contributed by atoms with E-state index in [1.807, 2.05) is 0 Å². The number of rotatable bonds is 9. The molecule has 5 nitrogen and oxygen atoms in total. The smallest absolute Gasteiger partial charge is 0.0589 e. The molecule has 1 saturated heterocycles. The summed E-state index contributed by atoms with van der Waals surface area (Å²) in [5, 5.41) is 0. The summed E-state index contributed by atoms with van der Waals surface area (Å²) in [6, 6.07) is 0.616. The van der Waals surface area contributed by atoms with Crippen LogP contribution in [0, 0.1) is 0 Å². The molecule has 1 aliphatic heterocycles.